The summed E-state index contributed by atoms with van der Waals surface area (Å²) in [6, 6.07) is 12.1. The fourth-order valence-corrected chi connectivity index (χ4v) is 3.90. The highest BCUT2D eigenvalue weighted by molar-refractivity contribution is 6.01. The third-order valence-electron chi connectivity index (χ3n) is 5.08. The van der Waals surface area contributed by atoms with Crippen LogP contribution in [0.1, 0.15) is 38.3 Å². The van der Waals surface area contributed by atoms with Crippen LogP contribution in [-0.2, 0) is 4.79 Å². The van der Waals surface area contributed by atoms with Crippen LogP contribution < -0.4 is 10.6 Å². The Hall–Kier alpha value is -2.95. The molecular weight excluding hydrogens is 328 g/mol. The molecule has 26 heavy (non-hydrogen) atoms. The maximum Gasteiger partial charge on any atom is 0.163 e. The highest BCUT2D eigenvalue weighted by atomic mass is 16.3. The lowest BCUT2D eigenvalue weighted by Gasteiger charge is -2.34. The summed E-state index contributed by atoms with van der Waals surface area (Å²) in [5.74, 6) is -0.341. The van der Waals surface area contributed by atoms with Gasteiger partial charge in [-0.3, -0.25) is 4.79 Å². The van der Waals surface area contributed by atoms with Crippen LogP contribution in [0, 0.1) is 5.41 Å². The molecule has 1 aliphatic carbocycles. The minimum absolute atomic E-state index is 0.0526. The zero-order valence-electron chi connectivity index (χ0n) is 14.8. The maximum absolute atomic E-state index is 13.0. The summed E-state index contributed by atoms with van der Waals surface area (Å²) in [5.41, 5.74) is 3.60. The number of carbonyl (C=O) groups is 1. The van der Waals surface area contributed by atoms with Crippen molar-refractivity contribution in [2.75, 3.05) is 10.6 Å². The van der Waals surface area contributed by atoms with E-state index in [0.717, 1.165) is 23.5 Å². The van der Waals surface area contributed by atoms with Gasteiger partial charge >= 0.3 is 0 Å². The quantitative estimate of drug-likeness (QED) is 0.576. The highest BCUT2D eigenvalue weighted by Gasteiger charge is 2.39. The van der Waals surface area contributed by atoms with E-state index in [4.69, 9.17) is 0 Å². The zero-order valence-corrected chi connectivity index (χ0v) is 14.8. The van der Waals surface area contributed by atoms with Crippen LogP contribution in [0.3, 0.4) is 0 Å². The number of hydrogen-bond acceptors (Lipinski definition) is 5. The lowest BCUT2D eigenvalue weighted by atomic mass is 9.73. The Bertz CT molecular complexity index is 931. The first kappa shape index (κ1) is 16.5. The van der Waals surface area contributed by atoms with Crippen molar-refractivity contribution >= 4 is 17.2 Å². The van der Waals surface area contributed by atoms with E-state index >= 15 is 0 Å². The van der Waals surface area contributed by atoms with E-state index in [9.17, 15) is 15.0 Å². The van der Waals surface area contributed by atoms with E-state index in [1.54, 1.807) is 12.1 Å². The second-order valence-corrected chi connectivity index (χ2v) is 7.80. The number of allylic oxidation sites excluding steroid dienone is 1. The Morgan fingerprint density at radius 1 is 1.00 bits per heavy atom. The van der Waals surface area contributed by atoms with E-state index in [-0.39, 0.29) is 22.7 Å². The Kier molecular flexibility index (Phi) is 3.68. The summed E-state index contributed by atoms with van der Waals surface area (Å²) < 4.78 is 0. The normalized spacial score (nSPS) is 21.2. The van der Waals surface area contributed by atoms with Gasteiger partial charge in [0.1, 0.15) is 0 Å². The number of rotatable bonds is 1. The molecule has 1 heterocycles. The van der Waals surface area contributed by atoms with Gasteiger partial charge in [-0.05, 0) is 30.0 Å². The van der Waals surface area contributed by atoms with Crippen LogP contribution in [0.2, 0.25) is 0 Å². The van der Waals surface area contributed by atoms with Gasteiger partial charge in [-0.2, -0.15) is 0 Å². The van der Waals surface area contributed by atoms with Crippen molar-refractivity contribution in [3.8, 4) is 11.5 Å². The van der Waals surface area contributed by atoms with Crippen molar-refractivity contribution in [1.29, 1.82) is 0 Å². The van der Waals surface area contributed by atoms with Crippen LogP contribution in [0.5, 0.6) is 11.5 Å². The van der Waals surface area contributed by atoms with Gasteiger partial charge in [0.05, 0.1) is 17.4 Å². The fraction of sp³-hybridized carbons (Fsp3) is 0.286. The first-order valence-corrected chi connectivity index (χ1v) is 8.75. The van der Waals surface area contributed by atoms with Gasteiger partial charge in [0.25, 0.3) is 0 Å². The zero-order chi connectivity index (χ0) is 18.5. The number of fused-ring (bicyclic) bond motifs is 1. The van der Waals surface area contributed by atoms with Crippen LogP contribution in [0.25, 0.3) is 0 Å². The summed E-state index contributed by atoms with van der Waals surface area (Å²) in [4.78, 5) is 13.0. The molecule has 0 amide bonds. The Morgan fingerprint density at radius 2 is 1.73 bits per heavy atom. The van der Waals surface area contributed by atoms with Crippen molar-refractivity contribution in [3.63, 3.8) is 0 Å². The first-order valence-electron chi connectivity index (χ1n) is 8.75. The van der Waals surface area contributed by atoms with Crippen LogP contribution in [0.15, 0.2) is 53.7 Å². The average Bonchev–Trinajstić information content (AvgIpc) is 2.72. The molecule has 134 valence electrons. The van der Waals surface area contributed by atoms with Gasteiger partial charge in [-0.1, -0.05) is 38.1 Å². The number of Topliss-reactive ketones (excluding diaryl/α,β-unsaturated/α-hetero) is 1. The van der Waals surface area contributed by atoms with Gasteiger partial charge in [0, 0.05) is 23.3 Å². The van der Waals surface area contributed by atoms with Gasteiger partial charge in [0.15, 0.2) is 17.3 Å². The number of carbonyl (C=O) groups excluding carboxylic acids is 1. The lowest BCUT2D eigenvalue weighted by Crippen LogP contribution is -2.31. The van der Waals surface area contributed by atoms with Gasteiger partial charge in [0.2, 0.25) is 0 Å². The van der Waals surface area contributed by atoms with Crippen molar-refractivity contribution in [3.05, 3.63) is 59.3 Å². The summed E-state index contributed by atoms with van der Waals surface area (Å²) in [6.45, 7) is 4.17. The largest absolute Gasteiger partial charge is 0.504 e. The number of aromatic hydroxyl groups is 2. The van der Waals surface area contributed by atoms with E-state index in [0.29, 0.717) is 17.6 Å². The van der Waals surface area contributed by atoms with Gasteiger partial charge in [-0.25, -0.2) is 0 Å². The SMILES string of the molecule is CC1(C)CC(=O)C2=C(C1)Nc1ccccc1NC2c1cccc(O)c1O. The molecule has 0 aromatic heterocycles. The Morgan fingerprint density at radius 3 is 2.50 bits per heavy atom. The Labute approximate surface area is 152 Å². The Balaban J connectivity index is 1.93. The summed E-state index contributed by atoms with van der Waals surface area (Å²) in [7, 11) is 0. The number of nitrogens with one attached hydrogen (secondary N) is 2. The van der Waals surface area contributed by atoms with Crippen molar-refractivity contribution in [1.82, 2.24) is 0 Å². The highest BCUT2D eigenvalue weighted by Crippen LogP contribution is 2.47. The molecule has 0 radical (unpaired) electrons. The number of phenolic OH excluding ortho intramolecular Hbond substituents is 2. The van der Waals surface area contributed by atoms with E-state index in [1.807, 2.05) is 24.3 Å². The number of benzene rings is 2. The number of anilines is 2. The topological polar surface area (TPSA) is 81.6 Å². The molecular formula is C21H22N2O3. The van der Waals surface area contributed by atoms with Crippen LogP contribution in [-0.4, -0.2) is 16.0 Å². The molecule has 5 heteroatoms. The second kappa shape index (κ2) is 5.80. The van der Waals surface area contributed by atoms with E-state index in [2.05, 4.69) is 24.5 Å². The van der Waals surface area contributed by atoms with Crippen molar-refractivity contribution < 1.29 is 15.0 Å². The van der Waals surface area contributed by atoms with Gasteiger partial charge in [-0.15, -0.1) is 0 Å². The number of phenols is 2. The molecule has 0 fully saturated rings. The molecule has 0 spiro atoms. The molecule has 2 aromatic rings. The third kappa shape index (κ3) is 2.69. The van der Waals surface area contributed by atoms with Crippen molar-refractivity contribution in [2.45, 2.75) is 32.7 Å². The monoisotopic (exact) mass is 350 g/mol. The fourth-order valence-electron chi connectivity index (χ4n) is 3.90. The molecule has 4 N–H and O–H groups in total. The second-order valence-electron chi connectivity index (χ2n) is 7.80. The average molecular weight is 350 g/mol. The predicted molar refractivity (Wildman–Crippen MR) is 101 cm³/mol. The minimum atomic E-state index is -0.531. The third-order valence-corrected chi connectivity index (χ3v) is 5.08. The maximum atomic E-state index is 13.0. The minimum Gasteiger partial charge on any atom is -0.504 e. The standard InChI is InChI=1S/C21H22N2O3/c1-21(2)10-15-18(17(25)11-21)19(12-6-5-9-16(24)20(12)26)23-14-8-4-3-7-13(14)22-15/h3-9,19,22-24,26H,10-11H2,1-2H3. The molecule has 5 nitrogen and oxygen atoms in total. The molecule has 0 saturated carbocycles. The molecule has 1 aliphatic heterocycles. The number of para-hydroxylation sites is 3. The lowest BCUT2D eigenvalue weighted by molar-refractivity contribution is -0.118. The van der Waals surface area contributed by atoms with Crippen molar-refractivity contribution in [2.24, 2.45) is 5.41 Å². The molecule has 0 saturated heterocycles. The molecule has 2 aromatic carbocycles. The molecule has 1 unspecified atom stereocenters. The van der Waals surface area contributed by atoms with E-state index < -0.39 is 6.04 Å². The summed E-state index contributed by atoms with van der Waals surface area (Å²) in [6.07, 6.45) is 1.18. The predicted octanol–water partition coefficient (Wildman–Crippen LogP) is 4.32. The van der Waals surface area contributed by atoms with Crippen LogP contribution >= 0.6 is 0 Å². The smallest absolute Gasteiger partial charge is 0.163 e. The molecule has 1 atom stereocenters. The number of ketones is 1. The van der Waals surface area contributed by atoms with Crippen LogP contribution in [0.4, 0.5) is 11.4 Å². The molecule has 4 rings (SSSR count). The summed E-state index contributed by atoms with van der Waals surface area (Å²) >= 11 is 0. The first-order chi connectivity index (χ1) is 12.4. The molecule has 0 bridgehead atoms. The molecule has 2 aliphatic rings. The number of hydrogen-bond donors (Lipinski definition) is 4. The van der Waals surface area contributed by atoms with Gasteiger partial charge < -0.3 is 20.8 Å². The summed E-state index contributed by atoms with van der Waals surface area (Å²) in [5, 5.41) is 27.2. The van der Waals surface area contributed by atoms with E-state index in [1.165, 1.54) is 6.07 Å².